The van der Waals surface area contributed by atoms with Gasteiger partial charge in [-0.15, -0.1) is 0 Å². The molecule has 1 heterocycles. The van der Waals surface area contributed by atoms with Gasteiger partial charge in [-0.05, 0) is 29.7 Å². The number of nitrogens with zero attached hydrogens (tertiary/aromatic N) is 1. The number of carbonyl (C=O) groups is 1. The lowest BCUT2D eigenvalue weighted by Gasteiger charge is -2.09. The molecule has 1 aromatic carbocycles. The first kappa shape index (κ1) is 14.8. The third-order valence-electron chi connectivity index (χ3n) is 2.96. The van der Waals surface area contributed by atoms with E-state index in [1.807, 2.05) is 18.2 Å². The number of amides is 1. The fourth-order valence-corrected chi connectivity index (χ4v) is 2.41. The molecule has 5 heteroatoms. The van der Waals surface area contributed by atoms with Gasteiger partial charge >= 0.3 is 0 Å². The molecule has 3 nitrogen and oxygen atoms in total. The summed E-state index contributed by atoms with van der Waals surface area (Å²) in [4.78, 5) is 15.9. The molecule has 0 saturated heterocycles. The first-order chi connectivity index (χ1) is 9.60. The number of hydrogen-bond donors (Lipinski definition) is 1. The Bertz CT molecular complexity index is 609. The first-order valence-corrected chi connectivity index (χ1v) is 7.04. The van der Waals surface area contributed by atoms with Gasteiger partial charge in [-0.1, -0.05) is 54.4 Å². The van der Waals surface area contributed by atoms with Crippen LogP contribution in [-0.2, 0) is 13.0 Å². The van der Waals surface area contributed by atoms with Crippen molar-refractivity contribution in [2.24, 2.45) is 0 Å². The molecule has 0 spiro atoms. The largest absolute Gasteiger partial charge is 0.348 e. The van der Waals surface area contributed by atoms with Crippen LogP contribution in [-0.4, -0.2) is 10.9 Å². The summed E-state index contributed by atoms with van der Waals surface area (Å²) in [5.74, 6) is -0.220. The van der Waals surface area contributed by atoms with Gasteiger partial charge in [-0.3, -0.25) is 4.79 Å². The highest BCUT2D eigenvalue weighted by Gasteiger charge is 2.09. The maximum Gasteiger partial charge on any atom is 0.251 e. The molecule has 0 atom stereocenters. The molecule has 0 fully saturated rings. The number of hydrogen-bond acceptors (Lipinski definition) is 2. The Balaban J connectivity index is 2.08. The molecule has 104 valence electrons. The van der Waals surface area contributed by atoms with Crippen LogP contribution in [0.25, 0.3) is 0 Å². The molecule has 0 saturated carbocycles. The number of halogens is 2. The van der Waals surface area contributed by atoms with Gasteiger partial charge in [-0.25, -0.2) is 4.98 Å². The summed E-state index contributed by atoms with van der Waals surface area (Å²) in [5, 5.41) is 3.27. The van der Waals surface area contributed by atoms with Gasteiger partial charge in [0.1, 0.15) is 10.3 Å². The normalized spacial score (nSPS) is 10.3. The number of benzene rings is 1. The van der Waals surface area contributed by atoms with Gasteiger partial charge in [0, 0.05) is 12.1 Å². The van der Waals surface area contributed by atoms with Gasteiger partial charge in [0.2, 0.25) is 0 Å². The van der Waals surface area contributed by atoms with Crippen LogP contribution in [0.15, 0.2) is 36.4 Å². The van der Waals surface area contributed by atoms with E-state index in [1.165, 1.54) is 17.7 Å². The molecule has 0 aliphatic rings. The van der Waals surface area contributed by atoms with Crippen LogP contribution in [0, 0.1) is 0 Å². The van der Waals surface area contributed by atoms with E-state index in [9.17, 15) is 4.79 Å². The van der Waals surface area contributed by atoms with Crippen LogP contribution in [0.1, 0.15) is 28.4 Å². The van der Waals surface area contributed by atoms with Gasteiger partial charge in [0.15, 0.2) is 0 Å². The number of rotatable bonds is 4. The summed E-state index contributed by atoms with van der Waals surface area (Å²) in [6.07, 6.45) is 0.930. The van der Waals surface area contributed by atoms with E-state index in [0.29, 0.717) is 12.1 Å². The molecule has 0 radical (unpaired) electrons. The third kappa shape index (κ3) is 3.71. The Kier molecular flexibility index (Phi) is 4.99. The number of aromatic nitrogens is 1. The van der Waals surface area contributed by atoms with Crippen LogP contribution >= 0.6 is 23.2 Å². The second-order valence-corrected chi connectivity index (χ2v) is 5.08. The number of pyridine rings is 1. The number of nitrogens with one attached hydrogen (secondary N) is 1. The average molecular weight is 309 g/mol. The highest BCUT2D eigenvalue weighted by Crippen LogP contribution is 2.15. The molecule has 20 heavy (non-hydrogen) atoms. The van der Waals surface area contributed by atoms with Crippen molar-refractivity contribution in [1.29, 1.82) is 0 Å². The van der Waals surface area contributed by atoms with Crippen molar-refractivity contribution in [3.8, 4) is 0 Å². The van der Waals surface area contributed by atoms with Crippen molar-refractivity contribution < 1.29 is 4.79 Å². The molecule has 2 rings (SSSR count). The number of carbonyl (C=O) groups excluding carboxylic acids is 1. The summed E-state index contributed by atoms with van der Waals surface area (Å²) >= 11 is 11.6. The Labute approximate surface area is 127 Å². The van der Waals surface area contributed by atoms with E-state index in [-0.39, 0.29) is 16.2 Å². The zero-order valence-electron chi connectivity index (χ0n) is 11.0. The van der Waals surface area contributed by atoms with E-state index in [0.717, 1.165) is 12.0 Å². The fourth-order valence-electron chi connectivity index (χ4n) is 1.95. The molecule has 0 aliphatic carbocycles. The van der Waals surface area contributed by atoms with Gasteiger partial charge in [0.25, 0.3) is 5.91 Å². The van der Waals surface area contributed by atoms with E-state index in [1.54, 1.807) is 0 Å². The van der Waals surface area contributed by atoms with Crippen molar-refractivity contribution in [2.75, 3.05) is 0 Å². The van der Waals surface area contributed by atoms with E-state index < -0.39 is 0 Å². The smallest absolute Gasteiger partial charge is 0.251 e. The molecule has 1 amide bonds. The molecule has 0 bridgehead atoms. The number of aryl methyl sites for hydroxylation is 1. The zero-order valence-corrected chi connectivity index (χ0v) is 12.5. The standard InChI is InChI=1S/C15H14Cl2N2O/c1-2-10-5-3-4-6-11(10)9-18-15(20)12-7-13(16)19-14(17)8-12/h3-8H,2,9H2,1H3,(H,18,20). The minimum atomic E-state index is -0.220. The van der Waals surface area contributed by atoms with Crippen molar-refractivity contribution in [2.45, 2.75) is 19.9 Å². The van der Waals surface area contributed by atoms with Crippen LogP contribution in [0.2, 0.25) is 10.3 Å². The Morgan fingerprint density at radius 2 is 1.75 bits per heavy atom. The van der Waals surface area contributed by atoms with Crippen molar-refractivity contribution in [3.05, 3.63) is 63.4 Å². The van der Waals surface area contributed by atoms with Crippen LogP contribution in [0.3, 0.4) is 0 Å². The van der Waals surface area contributed by atoms with Crippen molar-refractivity contribution in [1.82, 2.24) is 10.3 Å². The molecular formula is C15H14Cl2N2O. The topological polar surface area (TPSA) is 42.0 Å². The Hall–Kier alpha value is -1.58. The summed E-state index contributed by atoms with van der Waals surface area (Å²) in [7, 11) is 0. The minimum absolute atomic E-state index is 0.205. The molecule has 0 aliphatic heterocycles. The lowest BCUT2D eigenvalue weighted by Crippen LogP contribution is -2.23. The summed E-state index contributed by atoms with van der Waals surface area (Å²) < 4.78 is 0. The zero-order chi connectivity index (χ0) is 14.5. The van der Waals surface area contributed by atoms with Crippen molar-refractivity contribution in [3.63, 3.8) is 0 Å². The second kappa shape index (κ2) is 6.73. The predicted molar refractivity (Wildman–Crippen MR) is 81.2 cm³/mol. The van der Waals surface area contributed by atoms with Crippen molar-refractivity contribution >= 4 is 29.1 Å². The van der Waals surface area contributed by atoms with Crippen LogP contribution < -0.4 is 5.32 Å². The first-order valence-electron chi connectivity index (χ1n) is 6.28. The molecular weight excluding hydrogens is 295 g/mol. The maximum atomic E-state index is 12.1. The van der Waals surface area contributed by atoms with Crippen LogP contribution in [0.4, 0.5) is 0 Å². The lowest BCUT2D eigenvalue weighted by molar-refractivity contribution is 0.0950. The minimum Gasteiger partial charge on any atom is -0.348 e. The Morgan fingerprint density at radius 3 is 2.35 bits per heavy atom. The quantitative estimate of drug-likeness (QED) is 0.871. The second-order valence-electron chi connectivity index (χ2n) is 4.31. The Morgan fingerprint density at radius 1 is 1.15 bits per heavy atom. The van der Waals surface area contributed by atoms with E-state index >= 15 is 0 Å². The average Bonchev–Trinajstić information content (AvgIpc) is 2.44. The predicted octanol–water partition coefficient (Wildman–Crippen LogP) is 3.88. The highest BCUT2D eigenvalue weighted by atomic mass is 35.5. The van der Waals surface area contributed by atoms with Gasteiger partial charge in [0.05, 0.1) is 0 Å². The van der Waals surface area contributed by atoms with E-state index in [2.05, 4.69) is 23.3 Å². The summed E-state index contributed by atoms with van der Waals surface area (Å²) in [6, 6.07) is 11.0. The monoisotopic (exact) mass is 308 g/mol. The van der Waals surface area contributed by atoms with Crippen LogP contribution in [0.5, 0.6) is 0 Å². The third-order valence-corrected chi connectivity index (χ3v) is 3.35. The van der Waals surface area contributed by atoms with Gasteiger partial charge < -0.3 is 5.32 Å². The maximum absolute atomic E-state index is 12.1. The van der Waals surface area contributed by atoms with E-state index in [4.69, 9.17) is 23.2 Å². The van der Waals surface area contributed by atoms with Gasteiger partial charge in [-0.2, -0.15) is 0 Å². The molecule has 0 unspecified atom stereocenters. The SMILES string of the molecule is CCc1ccccc1CNC(=O)c1cc(Cl)nc(Cl)c1. The summed E-state index contributed by atoms with van der Waals surface area (Å²) in [5.41, 5.74) is 2.73. The molecule has 2 aromatic rings. The highest BCUT2D eigenvalue weighted by molar-refractivity contribution is 6.33. The molecule has 1 N–H and O–H groups in total. The summed E-state index contributed by atoms with van der Waals surface area (Å²) in [6.45, 7) is 2.56. The lowest BCUT2D eigenvalue weighted by atomic mass is 10.1. The molecule has 1 aromatic heterocycles. The fraction of sp³-hybridized carbons (Fsp3) is 0.200.